The van der Waals surface area contributed by atoms with Gasteiger partial charge in [-0.25, -0.2) is 0 Å². The van der Waals surface area contributed by atoms with Gasteiger partial charge in [0.15, 0.2) is 5.96 Å². The molecule has 2 N–H and O–H groups in total. The third-order valence-electron chi connectivity index (χ3n) is 3.76. The van der Waals surface area contributed by atoms with Crippen LogP contribution < -0.4 is 10.6 Å². The van der Waals surface area contributed by atoms with Crippen LogP contribution in [0.2, 0.25) is 0 Å². The SMILES string of the molecule is CCNC(=NCC(C)N1CCOCC1C)NC1CC1.I. The number of rotatable bonds is 5. The molecular weight excluding hydrogens is 367 g/mol. The van der Waals surface area contributed by atoms with E-state index >= 15 is 0 Å². The van der Waals surface area contributed by atoms with Gasteiger partial charge in [-0.15, -0.1) is 24.0 Å². The van der Waals surface area contributed by atoms with Gasteiger partial charge in [0.25, 0.3) is 0 Å². The Bertz CT molecular complexity index is 310. The van der Waals surface area contributed by atoms with Gasteiger partial charge in [-0.3, -0.25) is 9.89 Å². The highest BCUT2D eigenvalue weighted by molar-refractivity contribution is 14.0. The summed E-state index contributed by atoms with van der Waals surface area (Å²) in [7, 11) is 0. The molecule has 2 aliphatic rings. The van der Waals surface area contributed by atoms with Crippen LogP contribution in [0.3, 0.4) is 0 Å². The standard InChI is InChI=1S/C14H28N4O.HI/c1-4-15-14(17-13-5-6-13)16-9-11(2)18-7-8-19-10-12(18)3;/h11-13H,4-10H2,1-3H3,(H2,15,16,17);1H. The van der Waals surface area contributed by atoms with Gasteiger partial charge in [-0.1, -0.05) is 0 Å². The summed E-state index contributed by atoms with van der Waals surface area (Å²) in [6, 6.07) is 1.61. The van der Waals surface area contributed by atoms with E-state index in [0.29, 0.717) is 18.1 Å². The van der Waals surface area contributed by atoms with Gasteiger partial charge in [-0.05, 0) is 33.6 Å². The number of guanidine groups is 1. The quantitative estimate of drug-likeness (QED) is 0.420. The minimum Gasteiger partial charge on any atom is -0.379 e. The maximum Gasteiger partial charge on any atom is 0.191 e. The van der Waals surface area contributed by atoms with E-state index in [-0.39, 0.29) is 24.0 Å². The van der Waals surface area contributed by atoms with Crippen molar-refractivity contribution in [1.82, 2.24) is 15.5 Å². The molecule has 0 aromatic carbocycles. The van der Waals surface area contributed by atoms with E-state index in [4.69, 9.17) is 9.73 Å². The Hall–Kier alpha value is -0.0800. The van der Waals surface area contributed by atoms with Gasteiger partial charge in [-0.2, -0.15) is 0 Å². The molecule has 0 aromatic heterocycles. The smallest absolute Gasteiger partial charge is 0.191 e. The van der Waals surface area contributed by atoms with Gasteiger partial charge >= 0.3 is 0 Å². The maximum atomic E-state index is 5.49. The molecule has 0 bridgehead atoms. The molecule has 1 saturated carbocycles. The number of hydrogen-bond acceptors (Lipinski definition) is 3. The van der Waals surface area contributed by atoms with Gasteiger partial charge in [0.1, 0.15) is 0 Å². The Morgan fingerprint density at radius 3 is 2.80 bits per heavy atom. The molecule has 2 rings (SSSR count). The van der Waals surface area contributed by atoms with E-state index in [2.05, 4.69) is 36.3 Å². The first-order chi connectivity index (χ1) is 9.20. The molecule has 20 heavy (non-hydrogen) atoms. The summed E-state index contributed by atoms with van der Waals surface area (Å²) in [5, 5.41) is 6.78. The fraction of sp³-hybridized carbons (Fsp3) is 0.929. The van der Waals surface area contributed by atoms with Crippen molar-refractivity contribution >= 4 is 29.9 Å². The fourth-order valence-corrected chi connectivity index (χ4v) is 2.46. The van der Waals surface area contributed by atoms with Crippen molar-refractivity contribution in [2.24, 2.45) is 4.99 Å². The molecule has 6 heteroatoms. The van der Waals surface area contributed by atoms with Crippen LogP contribution in [0.5, 0.6) is 0 Å². The zero-order chi connectivity index (χ0) is 13.7. The summed E-state index contributed by atoms with van der Waals surface area (Å²) in [4.78, 5) is 7.21. The third-order valence-corrected chi connectivity index (χ3v) is 3.76. The summed E-state index contributed by atoms with van der Waals surface area (Å²) >= 11 is 0. The number of nitrogens with zero attached hydrogens (tertiary/aromatic N) is 2. The Morgan fingerprint density at radius 1 is 1.45 bits per heavy atom. The van der Waals surface area contributed by atoms with Crippen molar-refractivity contribution < 1.29 is 4.74 Å². The van der Waals surface area contributed by atoms with Crippen molar-refractivity contribution in [3.8, 4) is 0 Å². The molecule has 0 aromatic rings. The predicted molar refractivity (Wildman–Crippen MR) is 94.0 cm³/mol. The van der Waals surface area contributed by atoms with Gasteiger partial charge in [0.2, 0.25) is 0 Å². The first-order valence-corrected chi connectivity index (χ1v) is 7.59. The lowest BCUT2D eigenvalue weighted by Crippen LogP contribution is -2.49. The van der Waals surface area contributed by atoms with Crippen molar-refractivity contribution in [2.45, 2.75) is 51.7 Å². The summed E-state index contributed by atoms with van der Waals surface area (Å²) in [6.45, 7) is 11.1. The first kappa shape index (κ1) is 18.0. The number of ether oxygens (including phenoxy) is 1. The first-order valence-electron chi connectivity index (χ1n) is 7.59. The zero-order valence-electron chi connectivity index (χ0n) is 12.9. The largest absolute Gasteiger partial charge is 0.379 e. The van der Waals surface area contributed by atoms with Crippen LogP contribution in [0.15, 0.2) is 4.99 Å². The van der Waals surface area contributed by atoms with Crippen molar-refractivity contribution in [2.75, 3.05) is 32.8 Å². The molecule has 1 aliphatic heterocycles. The van der Waals surface area contributed by atoms with Crippen LogP contribution in [-0.4, -0.2) is 61.8 Å². The summed E-state index contributed by atoms with van der Waals surface area (Å²) < 4.78 is 5.49. The minimum absolute atomic E-state index is 0. The number of nitrogens with one attached hydrogen (secondary N) is 2. The second-order valence-electron chi connectivity index (χ2n) is 5.65. The van der Waals surface area contributed by atoms with Crippen molar-refractivity contribution in [1.29, 1.82) is 0 Å². The third kappa shape index (κ3) is 5.73. The summed E-state index contributed by atoms with van der Waals surface area (Å²) in [6.07, 6.45) is 2.56. The van der Waals surface area contributed by atoms with Crippen LogP contribution in [0.4, 0.5) is 0 Å². The molecule has 1 saturated heterocycles. The lowest BCUT2D eigenvalue weighted by atomic mass is 10.2. The van der Waals surface area contributed by atoms with Crippen LogP contribution >= 0.6 is 24.0 Å². The Kier molecular flexibility index (Phi) is 8.13. The van der Waals surface area contributed by atoms with Crippen molar-refractivity contribution in [3.05, 3.63) is 0 Å². The second kappa shape index (κ2) is 9.04. The Labute approximate surface area is 139 Å². The normalized spacial score (nSPS) is 25.8. The summed E-state index contributed by atoms with van der Waals surface area (Å²) in [5.74, 6) is 0.970. The molecule has 0 spiro atoms. The molecule has 1 aliphatic carbocycles. The van der Waals surface area contributed by atoms with E-state index in [0.717, 1.165) is 38.8 Å². The van der Waals surface area contributed by atoms with Gasteiger partial charge < -0.3 is 15.4 Å². The minimum atomic E-state index is 0. The van der Waals surface area contributed by atoms with E-state index in [9.17, 15) is 0 Å². The molecule has 2 atom stereocenters. The summed E-state index contributed by atoms with van der Waals surface area (Å²) in [5.41, 5.74) is 0. The van der Waals surface area contributed by atoms with Crippen LogP contribution in [0.1, 0.15) is 33.6 Å². The Balaban J connectivity index is 0.00000200. The van der Waals surface area contributed by atoms with Crippen LogP contribution in [0.25, 0.3) is 0 Å². The Morgan fingerprint density at radius 2 is 2.20 bits per heavy atom. The van der Waals surface area contributed by atoms with E-state index in [1.54, 1.807) is 0 Å². The molecular formula is C14H29IN4O. The van der Waals surface area contributed by atoms with Crippen LogP contribution in [-0.2, 0) is 4.74 Å². The lowest BCUT2D eigenvalue weighted by molar-refractivity contribution is -0.0165. The topological polar surface area (TPSA) is 48.9 Å². The fourth-order valence-electron chi connectivity index (χ4n) is 2.46. The molecule has 1 heterocycles. The highest BCUT2D eigenvalue weighted by Crippen LogP contribution is 2.18. The van der Waals surface area contributed by atoms with Crippen molar-refractivity contribution in [3.63, 3.8) is 0 Å². The monoisotopic (exact) mass is 396 g/mol. The molecule has 118 valence electrons. The number of morpholine rings is 1. The predicted octanol–water partition coefficient (Wildman–Crippen LogP) is 1.43. The highest BCUT2D eigenvalue weighted by atomic mass is 127. The van der Waals surface area contributed by atoms with Gasteiger partial charge in [0.05, 0.1) is 19.8 Å². The molecule has 5 nitrogen and oxygen atoms in total. The number of halogens is 1. The molecule has 2 unspecified atom stereocenters. The second-order valence-corrected chi connectivity index (χ2v) is 5.65. The highest BCUT2D eigenvalue weighted by Gasteiger charge is 2.24. The molecule has 0 amide bonds. The van der Waals surface area contributed by atoms with E-state index in [1.807, 2.05) is 0 Å². The number of aliphatic imine (C=N–C) groups is 1. The zero-order valence-corrected chi connectivity index (χ0v) is 15.2. The van der Waals surface area contributed by atoms with Crippen LogP contribution in [0, 0.1) is 0 Å². The van der Waals surface area contributed by atoms with Gasteiger partial charge in [0, 0.05) is 31.2 Å². The number of hydrogen-bond donors (Lipinski definition) is 2. The average molecular weight is 396 g/mol. The average Bonchev–Trinajstić information content (AvgIpc) is 3.20. The van der Waals surface area contributed by atoms with E-state index in [1.165, 1.54) is 12.8 Å². The lowest BCUT2D eigenvalue weighted by Gasteiger charge is -2.37. The molecule has 2 fully saturated rings. The van der Waals surface area contributed by atoms with E-state index < -0.39 is 0 Å². The maximum absolute atomic E-state index is 5.49. The molecule has 0 radical (unpaired) electrons.